The minimum absolute atomic E-state index is 0.324. The summed E-state index contributed by atoms with van der Waals surface area (Å²) in [7, 11) is 0. The van der Waals surface area contributed by atoms with Crippen LogP contribution >= 0.6 is 0 Å². The van der Waals surface area contributed by atoms with Gasteiger partial charge >= 0.3 is 6.16 Å². The van der Waals surface area contributed by atoms with Crippen LogP contribution in [0.15, 0.2) is 48.7 Å². The molecule has 3 N–H and O–H groups in total. The summed E-state index contributed by atoms with van der Waals surface area (Å²) in [4.78, 5) is 16.6. The molecule has 2 aromatic carbocycles. The molecule has 1 saturated heterocycles. The van der Waals surface area contributed by atoms with Crippen molar-refractivity contribution in [3.05, 3.63) is 59.8 Å². The lowest BCUT2D eigenvalue weighted by molar-refractivity contribution is 0.144. The Kier molecular flexibility index (Phi) is 6.23. The fourth-order valence-electron chi connectivity index (χ4n) is 4.46. The Hall–Kier alpha value is -2.99. The molecule has 6 heteroatoms. The van der Waals surface area contributed by atoms with Crippen LogP contribution in [0.3, 0.4) is 0 Å². The predicted molar refractivity (Wildman–Crippen MR) is 116 cm³/mol. The van der Waals surface area contributed by atoms with Crippen LogP contribution in [0.2, 0.25) is 0 Å². The van der Waals surface area contributed by atoms with Gasteiger partial charge in [0, 0.05) is 23.6 Å². The van der Waals surface area contributed by atoms with E-state index in [1.807, 2.05) is 24.4 Å². The monoisotopic (exact) mass is 408 g/mol. The van der Waals surface area contributed by atoms with Crippen LogP contribution in [0.25, 0.3) is 10.9 Å². The third kappa shape index (κ3) is 4.94. The molecule has 1 atom stereocenters. The Morgan fingerprint density at radius 2 is 2.00 bits per heavy atom. The number of nitrogens with zero attached hydrogens (tertiary/aromatic N) is 1. The van der Waals surface area contributed by atoms with Gasteiger partial charge in [-0.25, -0.2) is 4.79 Å². The summed E-state index contributed by atoms with van der Waals surface area (Å²) in [6.07, 6.45) is 6.29. The van der Waals surface area contributed by atoms with E-state index in [9.17, 15) is 9.90 Å². The summed E-state index contributed by atoms with van der Waals surface area (Å²) in [5, 5.41) is 19.3. The van der Waals surface area contributed by atoms with Gasteiger partial charge in [0.25, 0.3) is 0 Å². The average Bonchev–Trinajstić information content (AvgIpc) is 3.14. The number of H-pyrrole nitrogens is 1. The van der Waals surface area contributed by atoms with Crippen LogP contribution in [-0.2, 0) is 6.42 Å². The second kappa shape index (κ2) is 9.22. The average molecular weight is 408 g/mol. The van der Waals surface area contributed by atoms with E-state index in [2.05, 4.69) is 9.88 Å². The van der Waals surface area contributed by atoms with E-state index in [1.165, 1.54) is 24.0 Å². The number of nitrogens with one attached hydrogen (secondary N) is 1. The van der Waals surface area contributed by atoms with E-state index in [4.69, 9.17) is 9.84 Å². The van der Waals surface area contributed by atoms with Gasteiger partial charge in [-0.1, -0.05) is 12.1 Å². The number of aromatic amines is 1. The number of hydrogen-bond acceptors (Lipinski definition) is 4. The third-order valence-electron chi connectivity index (χ3n) is 5.98. The summed E-state index contributed by atoms with van der Waals surface area (Å²) >= 11 is 0. The Labute approximate surface area is 176 Å². The molecule has 0 radical (unpaired) electrons. The molecule has 3 aromatic rings. The standard InChI is InChI=1S/C24H28N2O4/c27-20-8-6-17(7-9-20)19-5-3-13-26(16-19)12-2-1-4-18-15-25-23-11-10-21(14-22(18)23)30-24(28)29/h6-11,14-15,19,25,27H,1-5,12-13,16H2,(H,28,29). The van der Waals surface area contributed by atoms with Crippen molar-refractivity contribution >= 4 is 17.1 Å². The Bertz CT molecular complexity index is 996. The molecule has 30 heavy (non-hydrogen) atoms. The van der Waals surface area contributed by atoms with E-state index in [0.29, 0.717) is 17.4 Å². The zero-order valence-corrected chi connectivity index (χ0v) is 17.0. The van der Waals surface area contributed by atoms with E-state index < -0.39 is 6.16 Å². The van der Waals surface area contributed by atoms with Crippen LogP contribution < -0.4 is 4.74 Å². The zero-order valence-electron chi connectivity index (χ0n) is 17.0. The molecule has 1 unspecified atom stereocenters. The molecule has 1 aliphatic heterocycles. The summed E-state index contributed by atoms with van der Waals surface area (Å²) < 4.78 is 4.79. The number of piperidine rings is 1. The molecule has 1 aromatic heterocycles. The first-order valence-corrected chi connectivity index (χ1v) is 10.6. The number of benzene rings is 2. The predicted octanol–water partition coefficient (Wildman–Crippen LogP) is 5.13. The molecule has 0 spiro atoms. The second-order valence-electron chi connectivity index (χ2n) is 8.08. The quantitative estimate of drug-likeness (QED) is 0.287. The van der Waals surface area contributed by atoms with Gasteiger partial charge in [-0.2, -0.15) is 0 Å². The molecule has 2 heterocycles. The molecule has 6 nitrogen and oxygen atoms in total. The van der Waals surface area contributed by atoms with Gasteiger partial charge in [0.2, 0.25) is 0 Å². The van der Waals surface area contributed by atoms with Crippen molar-refractivity contribution in [2.45, 2.75) is 38.0 Å². The number of rotatable bonds is 7. The normalized spacial score (nSPS) is 17.3. The summed E-state index contributed by atoms with van der Waals surface area (Å²) in [5.74, 6) is 1.22. The number of aryl methyl sites for hydroxylation is 1. The highest BCUT2D eigenvalue weighted by molar-refractivity contribution is 5.85. The lowest BCUT2D eigenvalue weighted by atomic mass is 9.90. The smallest absolute Gasteiger partial charge is 0.508 e. The van der Waals surface area contributed by atoms with Crippen molar-refractivity contribution in [3.8, 4) is 11.5 Å². The van der Waals surface area contributed by atoms with Gasteiger partial charge in [-0.3, -0.25) is 0 Å². The molecule has 1 fully saturated rings. The maximum atomic E-state index is 10.8. The molecule has 0 bridgehead atoms. The van der Waals surface area contributed by atoms with Crippen molar-refractivity contribution in [1.82, 2.24) is 9.88 Å². The lowest BCUT2D eigenvalue weighted by Gasteiger charge is -2.33. The van der Waals surface area contributed by atoms with Crippen molar-refractivity contribution in [2.24, 2.45) is 0 Å². The molecular weight excluding hydrogens is 380 g/mol. The summed E-state index contributed by atoms with van der Waals surface area (Å²) in [6, 6.07) is 13.0. The fourth-order valence-corrected chi connectivity index (χ4v) is 4.46. The van der Waals surface area contributed by atoms with Gasteiger partial charge < -0.3 is 24.8 Å². The molecule has 4 rings (SSSR count). The minimum Gasteiger partial charge on any atom is -0.508 e. The number of phenols is 1. The SMILES string of the molecule is O=C(O)Oc1ccc2[nH]cc(CCCCN3CCCC(c4ccc(O)cc4)C3)c2c1. The first-order chi connectivity index (χ1) is 14.6. The molecule has 0 saturated carbocycles. The summed E-state index contributed by atoms with van der Waals surface area (Å²) in [5.41, 5.74) is 3.51. The van der Waals surface area contributed by atoms with Crippen LogP contribution in [-0.4, -0.2) is 45.9 Å². The molecule has 0 amide bonds. The zero-order chi connectivity index (χ0) is 20.9. The maximum absolute atomic E-state index is 10.8. The number of carbonyl (C=O) groups is 1. The van der Waals surface area contributed by atoms with Crippen molar-refractivity contribution in [3.63, 3.8) is 0 Å². The van der Waals surface area contributed by atoms with Gasteiger partial charge in [0.15, 0.2) is 0 Å². The topological polar surface area (TPSA) is 85.8 Å². The van der Waals surface area contributed by atoms with E-state index in [0.717, 1.165) is 49.8 Å². The molecule has 1 aliphatic rings. The molecular formula is C24H28N2O4. The first-order valence-electron chi connectivity index (χ1n) is 10.6. The molecule has 0 aliphatic carbocycles. The Morgan fingerprint density at radius 3 is 2.80 bits per heavy atom. The highest BCUT2D eigenvalue weighted by Crippen LogP contribution is 2.29. The van der Waals surface area contributed by atoms with Crippen molar-refractivity contribution in [1.29, 1.82) is 0 Å². The number of phenolic OH excluding ortho intramolecular Hbond substituents is 1. The Balaban J connectivity index is 1.28. The largest absolute Gasteiger partial charge is 0.511 e. The van der Waals surface area contributed by atoms with Crippen molar-refractivity contribution in [2.75, 3.05) is 19.6 Å². The lowest BCUT2D eigenvalue weighted by Crippen LogP contribution is -2.35. The van der Waals surface area contributed by atoms with Crippen LogP contribution in [0.4, 0.5) is 4.79 Å². The van der Waals surface area contributed by atoms with Gasteiger partial charge in [0.05, 0.1) is 0 Å². The van der Waals surface area contributed by atoms with Crippen LogP contribution in [0.5, 0.6) is 11.5 Å². The summed E-state index contributed by atoms with van der Waals surface area (Å²) in [6.45, 7) is 3.32. The Morgan fingerprint density at radius 1 is 1.17 bits per heavy atom. The number of carboxylic acid groups (broad SMARTS) is 1. The highest BCUT2D eigenvalue weighted by atomic mass is 16.7. The van der Waals surface area contributed by atoms with Gasteiger partial charge in [-0.15, -0.1) is 0 Å². The number of ether oxygens (including phenoxy) is 1. The van der Waals surface area contributed by atoms with Crippen LogP contribution in [0, 0.1) is 0 Å². The number of unbranched alkanes of at least 4 members (excludes halogenated alkanes) is 1. The molecule has 158 valence electrons. The second-order valence-corrected chi connectivity index (χ2v) is 8.08. The van der Waals surface area contributed by atoms with E-state index in [1.54, 1.807) is 24.3 Å². The van der Waals surface area contributed by atoms with Crippen LogP contribution in [0.1, 0.15) is 42.7 Å². The highest BCUT2D eigenvalue weighted by Gasteiger charge is 2.21. The van der Waals surface area contributed by atoms with Gasteiger partial charge in [0.1, 0.15) is 11.5 Å². The fraction of sp³-hybridized carbons (Fsp3) is 0.375. The van der Waals surface area contributed by atoms with E-state index >= 15 is 0 Å². The number of aromatic nitrogens is 1. The number of aromatic hydroxyl groups is 1. The number of fused-ring (bicyclic) bond motifs is 1. The number of hydrogen-bond donors (Lipinski definition) is 3. The first kappa shape index (κ1) is 20.3. The van der Waals surface area contributed by atoms with Crippen molar-refractivity contribution < 1.29 is 19.7 Å². The maximum Gasteiger partial charge on any atom is 0.511 e. The minimum atomic E-state index is -1.29. The third-order valence-corrected chi connectivity index (χ3v) is 5.98. The number of likely N-dealkylation sites (tertiary alicyclic amines) is 1. The van der Waals surface area contributed by atoms with E-state index in [-0.39, 0.29) is 0 Å². The van der Waals surface area contributed by atoms with Gasteiger partial charge in [-0.05, 0) is 92.6 Å².